The molecule has 1 aliphatic heterocycles. The summed E-state index contributed by atoms with van der Waals surface area (Å²) in [6, 6.07) is 19.2. The molecule has 2 aromatic carbocycles. The van der Waals surface area contributed by atoms with Crippen LogP contribution in [0.25, 0.3) is 22.3 Å². The van der Waals surface area contributed by atoms with Gasteiger partial charge in [-0.2, -0.15) is 5.10 Å². The molecular formula is C28H26N4O3S. The molecule has 0 spiro atoms. The second kappa shape index (κ2) is 10.7. The van der Waals surface area contributed by atoms with Crippen molar-refractivity contribution in [2.75, 3.05) is 31.6 Å². The van der Waals surface area contributed by atoms with Crippen molar-refractivity contribution in [1.29, 1.82) is 0 Å². The normalized spacial score (nSPS) is 13.8. The van der Waals surface area contributed by atoms with Gasteiger partial charge in [0.05, 0.1) is 23.8 Å². The Bertz CT molecular complexity index is 1390. The molecule has 0 saturated carbocycles. The second-order valence-electron chi connectivity index (χ2n) is 8.40. The molecule has 1 aliphatic rings. The van der Waals surface area contributed by atoms with Crippen LogP contribution in [0, 0.1) is 6.92 Å². The number of hydrogen-bond acceptors (Lipinski definition) is 5. The van der Waals surface area contributed by atoms with E-state index in [-0.39, 0.29) is 11.8 Å². The number of thiophene rings is 1. The lowest BCUT2D eigenvalue weighted by Crippen LogP contribution is -2.41. The van der Waals surface area contributed by atoms with Crippen LogP contribution < -0.4 is 5.32 Å². The minimum Gasteiger partial charge on any atom is -0.378 e. The van der Waals surface area contributed by atoms with Crippen LogP contribution in [0.15, 0.2) is 78.3 Å². The zero-order valence-electron chi connectivity index (χ0n) is 19.9. The molecule has 8 heteroatoms. The molecule has 0 aliphatic carbocycles. The van der Waals surface area contributed by atoms with Crippen LogP contribution in [0.1, 0.15) is 21.5 Å². The SMILES string of the molecule is Cc1c(NC(=O)/C=C/c2cn(-c3ccccc3)nc2-c2cccs2)cccc1C(=O)N1CCOCC1. The monoisotopic (exact) mass is 498 g/mol. The van der Waals surface area contributed by atoms with Crippen molar-refractivity contribution in [3.8, 4) is 16.3 Å². The summed E-state index contributed by atoms with van der Waals surface area (Å²) in [5.74, 6) is -0.324. The minimum atomic E-state index is -0.279. The number of rotatable bonds is 6. The Kier molecular flexibility index (Phi) is 7.06. The molecule has 4 aromatic rings. The van der Waals surface area contributed by atoms with Crippen LogP contribution >= 0.6 is 11.3 Å². The molecule has 1 N–H and O–H groups in total. The van der Waals surface area contributed by atoms with Gasteiger partial charge in [0.25, 0.3) is 5.91 Å². The van der Waals surface area contributed by atoms with Crippen molar-refractivity contribution in [3.05, 3.63) is 95.0 Å². The molecule has 182 valence electrons. The van der Waals surface area contributed by atoms with Crippen LogP contribution in [0.3, 0.4) is 0 Å². The van der Waals surface area contributed by atoms with Gasteiger partial charge in [-0.25, -0.2) is 4.68 Å². The van der Waals surface area contributed by atoms with Crippen molar-refractivity contribution in [1.82, 2.24) is 14.7 Å². The summed E-state index contributed by atoms with van der Waals surface area (Å²) in [6.07, 6.45) is 5.19. The average Bonchev–Trinajstić information content (AvgIpc) is 3.60. The van der Waals surface area contributed by atoms with Crippen LogP contribution in [0.4, 0.5) is 5.69 Å². The van der Waals surface area contributed by atoms with E-state index in [1.807, 2.05) is 71.7 Å². The van der Waals surface area contributed by atoms with Gasteiger partial charge in [-0.05, 0) is 54.3 Å². The number of para-hydroxylation sites is 1. The van der Waals surface area contributed by atoms with Gasteiger partial charge in [0.1, 0.15) is 5.69 Å². The van der Waals surface area contributed by atoms with E-state index in [0.29, 0.717) is 37.6 Å². The number of aromatic nitrogens is 2. The van der Waals surface area contributed by atoms with Gasteiger partial charge in [-0.15, -0.1) is 11.3 Å². The number of morpholine rings is 1. The van der Waals surface area contributed by atoms with E-state index < -0.39 is 0 Å². The number of amides is 2. The molecule has 2 aromatic heterocycles. The maximum absolute atomic E-state index is 13.0. The number of ether oxygens (including phenoxy) is 1. The Balaban J connectivity index is 1.36. The predicted octanol–water partition coefficient (Wildman–Crippen LogP) is 5.03. The molecule has 1 saturated heterocycles. The Morgan fingerprint density at radius 3 is 2.58 bits per heavy atom. The molecule has 2 amide bonds. The van der Waals surface area contributed by atoms with Crippen LogP contribution in [-0.2, 0) is 9.53 Å². The van der Waals surface area contributed by atoms with E-state index in [4.69, 9.17) is 9.84 Å². The topological polar surface area (TPSA) is 76.5 Å². The van der Waals surface area contributed by atoms with Crippen molar-refractivity contribution in [3.63, 3.8) is 0 Å². The van der Waals surface area contributed by atoms with E-state index in [1.54, 1.807) is 34.4 Å². The third-order valence-corrected chi connectivity index (χ3v) is 6.93. The molecule has 36 heavy (non-hydrogen) atoms. The molecule has 0 atom stereocenters. The number of carbonyl (C=O) groups excluding carboxylic acids is 2. The lowest BCUT2D eigenvalue weighted by atomic mass is 10.0. The van der Waals surface area contributed by atoms with Crippen molar-refractivity contribution < 1.29 is 14.3 Å². The third kappa shape index (κ3) is 5.15. The molecule has 7 nitrogen and oxygen atoms in total. The minimum absolute atomic E-state index is 0.0450. The highest BCUT2D eigenvalue weighted by Crippen LogP contribution is 2.29. The summed E-state index contributed by atoms with van der Waals surface area (Å²) in [7, 11) is 0. The first-order chi connectivity index (χ1) is 17.6. The van der Waals surface area contributed by atoms with E-state index >= 15 is 0 Å². The van der Waals surface area contributed by atoms with Gasteiger partial charge in [-0.1, -0.05) is 30.3 Å². The van der Waals surface area contributed by atoms with E-state index in [9.17, 15) is 9.59 Å². The molecule has 3 heterocycles. The molecule has 0 bridgehead atoms. The number of nitrogens with one attached hydrogen (secondary N) is 1. The summed E-state index contributed by atoms with van der Waals surface area (Å²) in [6.45, 7) is 4.08. The van der Waals surface area contributed by atoms with E-state index in [0.717, 1.165) is 27.4 Å². The largest absolute Gasteiger partial charge is 0.378 e. The van der Waals surface area contributed by atoms with Gasteiger partial charge < -0.3 is 15.0 Å². The third-order valence-electron chi connectivity index (χ3n) is 6.05. The predicted molar refractivity (Wildman–Crippen MR) is 142 cm³/mol. The smallest absolute Gasteiger partial charge is 0.254 e. The van der Waals surface area contributed by atoms with Crippen molar-refractivity contribution >= 4 is 34.9 Å². The average molecular weight is 499 g/mol. The summed E-state index contributed by atoms with van der Waals surface area (Å²) in [5.41, 5.74) is 4.53. The number of nitrogens with zero attached hydrogens (tertiary/aromatic N) is 3. The first-order valence-corrected chi connectivity index (χ1v) is 12.6. The second-order valence-corrected chi connectivity index (χ2v) is 9.34. The summed E-state index contributed by atoms with van der Waals surface area (Å²) < 4.78 is 7.17. The maximum atomic E-state index is 13.0. The molecule has 0 radical (unpaired) electrons. The first-order valence-electron chi connectivity index (χ1n) is 11.7. The number of benzene rings is 2. The quantitative estimate of drug-likeness (QED) is 0.378. The standard InChI is InChI=1S/C28H26N4O3S/c1-20-23(28(34)31-14-16-35-17-15-31)9-5-10-24(20)29-26(33)13-12-21-19-32(22-7-3-2-4-8-22)30-27(21)25-11-6-18-36-25/h2-13,18-19H,14-17H2,1H3,(H,29,33)/b13-12+. The number of carbonyl (C=O) groups is 2. The fourth-order valence-corrected chi connectivity index (χ4v) is 4.84. The Morgan fingerprint density at radius 2 is 1.83 bits per heavy atom. The Morgan fingerprint density at radius 1 is 1.03 bits per heavy atom. The van der Waals surface area contributed by atoms with Gasteiger partial charge >= 0.3 is 0 Å². The highest BCUT2D eigenvalue weighted by atomic mass is 32.1. The van der Waals surface area contributed by atoms with Gasteiger partial charge in [-0.3, -0.25) is 9.59 Å². The molecule has 1 fully saturated rings. The summed E-state index contributed by atoms with van der Waals surface area (Å²) in [5, 5.41) is 9.70. The Hall–Kier alpha value is -4.01. The molecular weight excluding hydrogens is 472 g/mol. The number of anilines is 1. The fraction of sp³-hybridized carbons (Fsp3) is 0.179. The van der Waals surface area contributed by atoms with Crippen LogP contribution in [0.5, 0.6) is 0 Å². The zero-order chi connectivity index (χ0) is 24.9. The van der Waals surface area contributed by atoms with Gasteiger partial charge in [0, 0.05) is 42.2 Å². The van der Waals surface area contributed by atoms with Gasteiger partial charge in [0.15, 0.2) is 0 Å². The lowest BCUT2D eigenvalue weighted by molar-refractivity contribution is -0.111. The van der Waals surface area contributed by atoms with Crippen LogP contribution in [0.2, 0.25) is 0 Å². The van der Waals surface area contributed by atoms with E-state index in [2.05, 4.69) is 5.32 Å². The number of hydrogen-bond donors (Lipinski definition) is 1. The molecule has 0 unspecified atom stereocenters. The Labute approximate surface area is 213 Å². The van der Waals surface area contributed by atoms with E-state index in [1.165, 1.54) is 6.08 Å². The van der Waals surface area contributed by atoms with Gasteiger partial charge in [0.2, 0.25) is 5.91 Å². The van der Waals surface area contributed by atoms with Crippen LogP contribution in [-0.4, -0.2) is 52.8 Å². The molecule has 5 rings (SSSR count). The first kappa shape index (κ1) is 23.7. The highest BCUT2D eigenvalue weighted by molar-refractivity contribution is 7.13. The summed E-state index contributed by atoms with van der Waals surface area (Å²) >= 11 is 1.60. The fourth-order valence-electron chi connectivity index (χ4n) is 4.11. The zero-order valence-corrected chi connectivity index (χ0v) is 20.7. The lowest BCUT2D eigenvalue weighted by Gasteiger charge is -2.27. The van der Waals surface area contributed by atoms with Crippen molar-refractivity contribution in [2.24, 2.45) is 0 Å². The highest BCUT2D eigenvalue weighted by Gasteiger charge is 2.21. The summed E-state index contributed by atoms with van der Waals surface area (Å²) in [4.78, 5) is 28.6. The van der Waals surface area contributed by atoms with Crippen molar-refractivity contribution in [2.45, 2.75) is 6.92 Å². The maximum Gasteiger partial charge on any atom is 0.254 e.